The third-order valence-electron chi connectivity index (χ3n) is 3.51. The number of hydrogen-bond acceptors (Lipinski definition) is 2. The first kappa shape index (κ1) is 15.3. The topological polar surface area (TPSA) is 49.3 Å². The average Bonchev–Trinajstić information content (AvgIpc) is 2.55. The van der Waals surface area contributed by atoms with Gasteiger partial charge >= 0.3 is 0 Å². The fourth-order valence-electron chi connectivity index (χ4n) is 2.25. The zero-order chi connectivity index (χ0) is 15.1. The van der Waals surface area contributed by atoms with Crippen LogP contribution in [0.4, 0.5) is 0 Å². The van der Waals surface area contributed by atoms with Gasteiger partial charge < -0.3 is 10.4 Å². The number of carbonyl (C=O) groups excluding carboxylic acids is 1. The lowest BCUT2D eigenvalue weighted by Gasteiger charge is -2.19. The molecular formula is C18H21NO2. The van der Waals surface area contributed by atoms with E-state index in [0.29, 0.717) is 6.42 Å². The molecule has 0 aliphatic rings. The first-order valence-corrected chi connectivity index (χ1v) is 7.28. The zero-order valence-electron chi connectivity index (χ0n) is 12.2. The van der Waals surface area contributed by atoms with E-state index in [2.05, 4.69) is 5.32 Å². The Hall–Kier alpha value is -2.13. The van der Waals surface area contributed by atoms with Crippen molar-refractivity contribution in [2.75, 3.05) is 6.54 Å². The van der Waals surface area contributed by atoms with E-state index in [1.807, 2.05) is 67.6 Å². The van der Waals surface area contributed by atoms with Crippen molar-refractivity contribution in [1.29, 1.82) is 0 Å². The van der Waals surface area contributed by atoms with Crippen molar-refractivity contribution < 1.29 is 9.90 Å². The summed E-state index contributed by atoms with van der Waals surface area (Å²) < 4.78 is 0. The van der Waals surface area contributed by atoms with Crippen molar-refractivity contribution in [3.05, 3.63) is 71.8 Å². The summed E-state index contributed by atoms with van der Waals surface area (Å²) >= 11 is 0. The van der Waals surface area contributed by atoms with E-state index in [-0.39, 0.29) is 18.4 Å². The fourth-order valence-corrected chi connectivity index (χ4v) is 2.25. The Balaban J connectivity index is 2.23. The van der Waals surface area contributed by atoms with Crippen molar-refractivity contribution >= 4 is 5.91 Å². The highest BCUT2D eigenvalue weighted by Crippen LogP contribution is 2.24. The van der Waals surface area contributed by atoms with Gasteiger partial charge in [0.1, 0.15) is 0 Å². The summed E-state index contributed by atoms with van der Waals surface area (Å²) in [5, 5.41) is 12.5. The van der Waals surface area contributed by atoms with Crippen molar-refractivity contribution in [2.24, 2.45) is 0 Å². The van der Waals surface area contributed by atoms with Crippen LogP contribution in [-0.2, 0) is 4.79 Å². The van der Waals surface area contributed by atoms with E-state index >= 15 is 0 Å². The number of nitrogens with one attached hydrogen (secondary N) is 1. The molecule has 0 aliphatic heterocycles. The predicted molar refractivity (Wildman–Crippen MR) is 84.0 cm³/mol. The van der Waals surface area contributed by atoms with Gasteiger partial charge in [0.2, 0.25) is 5.91 Å². The minimum atomic E-state index is -0.499. The molecule has 1 atom stereocenters. The maximum Gasteiger partial charge on any atom is 0.232 e. The molecule has 0 heterocycles. The molecule has 0 fully saturated rings. The van der Waals surface area contributed by atoms with E-state index in [1.54, 1.807) is 0 Å². The molecular weight excluding hydrogens is 262 g/mol. The standard InChI is InChI=1S/C18H21NO2/c1-2-16(20)13-19-18(21)17(14-9-5-3-6-10-14)15-11-7-4-8-12-15/h3-12,16-17,20H,2,13H2,1H3,(H,19,21). The molecule has 110 valence electrons. The van der Waals surface area contributed by atoms with Crippen molar-refractivity contribution in [1.82, 2.24) is 5.32 Å². The molecule has 0 saturated carbocycles. The van der Waals surface area contributed by atoms with Gasteiger partial charge in [-0.25, -0.2) is 0 Å². The molecule has 2 N–H and O–H groups in total. The monoisotopic (exact) mass is 283 g/mol. The Bertz CT molecular complexity index is 514. The maximum atomic E-state index is 12.5. The lowest BCUT2D eigenvalue weighted by atomic mass is 9.90. The molecule has 3 heteroatoms. The molecule has 2 aromatic rings. The van der Waals surface area contributed by atoms with Gasteiger partial charge in [-0.15, -0.1) is 0 Å². The average molecular weight is 283 g/mol. The van der Waals surface area contributed by atoms with Gasteiger partial charge in [-0.3, -0.25) is 4.79 Å². The summed E-state index contributed by atoms with van der Waals surface area (Å²) in [6.07, 6.45) is 0.128. The Morgan fingerprint density at radius 2 is 1.48 bits per heavy atom. The Morgan fingerprint density at radius 3 is 1.90 bits per heavy atom. The highest BCUT2D eigenvalue weighted by atomic mass is 16.3. The molecule has 21 heavy (non-hydrogen) atoms. The van der Waals surface area contributed by atoms with Gasteiger partial charge in [0, 0.05) is 6.54 Å². The molecule has 1 unspecified atom stereocenters. The van der Waals surface area contributed by atoms with Gasteiger partial charge in [-0.1, -0.05) is 67.6 Å². The third-order valence-corrected chi connectivity index (χ3v) is 3.51. The number of hydrogen-bond donors (Lipinski definition) is 2. The van der Waals surface area contributed by atoms with Crippen LogP contribution in [0.2, 0.25) is 0 Å². The number of aliphatic hydroxyl groups is 1. The summed E-state index contributed by atoms with van der Waals surface area (Å²) in [5.41, 5.74) is 1.90. The molecule has 2 rings (SSSR count). The molecule has 0 bridgehead atoms. The zero-order valence-corrected chi connectivity index (χ0v) is 12.2. The minimum absolute atomic E-state index is 0.0834. The summed E-state index contributed by atoms with van der Waals surface area (Å²) in [5.74, 6) is -0.434. The molecule has 2 aromatic carbocycles. The molecule has 0 radical (unpaired) electrons. The van der Waals surface area contributed by atoms with Crippen molar-refractivity contribution in [3.63, 3.8) is 0 Å². The van der Waals surface area contributed by atoms with Crippen LogP contribution in [0.15, 0.2) is 60.7 Å². The summed E-state index contributed by atoms with van der Waals surface area (Å²) in [6.45, 7) is 2.17. The van der Waals surface area contributed by atoms with Crippen LogP contribution in [0.5, 0.6) is 0 Å². The Labute approximate surface area is 125 Å². The van der Waals surface area contributed by atoms with Crippen LogP contribution in [0, 0.1) is 0 Å². The molecule has 3 nitrogen and oxygen atoms in total. The molecule has 0 saturated heterocycles. The molecule has 0 spiro atoms. The number of benzene rings is 2. The van der Waals surface area contributed by atoms with Crippen molar-refractivity contribution in [3.8, 4) is 0 Å². The van der Waals surface area contributed by atoms with E-state index in [9.17, 15) is 9.90 Å². The number of rotatable bonds is 6. The number of carbonyl (C=O) groups is 1. The maximum absolute atomic E-state index is 12.5. The summed E-state index contributed by atoms with van der Waals surface area (Å²) in [7, 11) is 0. The minimum Gasteiger partial charge on any atom is -0.391 e. The van der Waals surface area contributed by atoms with E-state index in [1.165, 1.54) is 0 Å². The van der Waals surface area contributed by atoms with Gasteiger partial charge in [-0.2, -0.15) is 0 Å². The summed E-state index contributed by atoms with van der Waals surface area (Å²) in [6, 6.07) is 19.4. The second-order valence-electron chi connectivity index (χ2n) is 5.06. The smallest absolute Gasteiger partial charge is 0.232 e. The van der Waals surface area contributed by atoms with Crippen LogP contribution < -0.4 is 5.32 Å². The van der Waals surface area contributed by atoms with Crippen molar-refractivity contribution in [2.45, 2.75) is 25.4 Å². The van der Waals surface area contributed by atoms with E-state index in [4.69, 9.17) is 0 Å². The Morgan fingerprint density at radius 1 is 1.00 bits per heavy atom. The molecule has 0 aromatic heterocycles. The quantitative estimate of drug-likeness (QED) is 0.856. The van der Waals surface area contributed by atoms with Gasteiger partial charge in [0.15, 0.2) is 0 Å². The predicted octanol–water partition coefficient (Wildman–Crippen LogP) is 2.71. The lowest BCUT2D eigenvalue weighted by Crippen LogP contribution is -2.35. The molecule has 0 aliphatic carbocycles. The normalized spacial score (nSPS) is 12.1. The van der Waals surface area contributed by atoms with Gasteiger partial charge in [0.05, 0.1) is 12.0 Å². The highest BCUT2D eigenvalue weighted by Gasteiger charge is 2.22. The fraction of sp³-hybridized carbons (Fsp3) is 0.278. The summed E-state index contributed by atoms with van der Waals surface area (Å²) in [4.78, 5) is 12.5. The van der Waals surface area contributed by atoms with Crippen LogP contribution in [-0.4, -0.2) is 23.7 Å². The SMILES string of the molecule is CCC(O)CNC(=O)C(c1ccccc1)c1ccccc1. The number of amides is 1. The molecule has 1 amide bonds. The van der Waals surface area contributed by atoms with Crippen LogP contribution in [0.3, 0.4) is 0 Å². The van der Waals surface area contributed by atoms with Crippen LogP contribution >= 0.6 is 0 Å². The second-order valence-corrected chi connectivity index (χ2v) is 5.06. The first-order valence-electron chi connectivity index (χ1n) is 7.28. The number of aliphatic hydroxyl groups excluding tert-OH is 1. The highest BCUT2D eigenvalue weighted by molar-refractivity contribution is 5.87. The van der Waals surface area contributed by atoms with Gasteiger partial charge in [-0.05, 0) is 17.5 Å². The largest absolute Gasteiger partial charge is 0.391 e. The van der Waals surface area contributed by atoms with E-state index < -0.39 is 6.10 Å². The van der Waals surface area contributed by atoms with Gasteiger partial charge in [0.25, 0.3) is 0 Å². The first-order chi connectivity index (χ1) is 10.2. The Kier molecular flexibility index (Phi) is 5.52. The second kappa shape index (κ2) is 7.60. The lowest BCUT2D eigenvalue weighted by molar-refractivity contribution is -0.122. The van der Waals surface area contributed by atoms with E-state index in [0.717, 1.165) is 11.1 Å². The van der Waals surface area contributed by atoms with Crippen LogP contribution in [0.25, 0.3) is 0 Å². The van der Waals surface area contributed by atoms with Crippen LogP contribution in [0.1, 0.15) is 30.4 Å². The third kappa shape index (κ3) is 4.17.